The van der Waals surface area contributed by atoms with E-state index in [1.807, 2.05) is 43.0 Å². The molecule has 8 nitrogen and oxygen atoms in total. The van der Waals surface area contributed by atoms with Crippen LogP contribution in [0.1, 0.15) is 24.3 Å². The van der Waals surface area contributed by atoms with Crippen LogP contribution in [0.4, 0.5) is 0 Å². The van der Waals surface area contributed by atoms with Crippen LogP contribution in [-0.4, -0.2) is 60.2 Å². The highest BCUT2D eigenvalue weighted by Crippen LogP contribution is 2.34. The van der Waals surface area contributed by atoms with E-state index in [-0.39, 0.29) is 0 Å². The third-order valence-corrected chi connectivity index (χ3v) is 6.21. The molecule has 1 fully saturated rings. The number of imidazole rings is 1. The topological polar surface area (TPSA) is 99.3 Å². The minimum absolute atomic E-state index is 0.487. The van der Waals surface area contributed by atoms with E-state index < -0.39 is 0 Å². The standard InChI is InChI=1S/C23H22N8/c1-31-7-4-14(5-8-31)17-11-25-12-20-21(17)28-23(27-20)22-16-9-18(15-3-2-6-24-10-15)26-13-19(16)29-30-22/h2-3,6,9-14H,4-5,7-8H2,1H3,(H,27,28)(H,29,30). The van der Waals surface area contributed by atoms with Crippen molar-refractivity contribution < 1.29 is 0 Å². The first kappa shape index (κ1) is 18.1. The van der Waals surface area contributed by atoms with E-state index in [0.717, 1.165) is 70.6 Å². The summed E-state index contributed by atoms with van der Waals surface area (Å²) in [6.07, 6.45) is 11.5. The molecule has 0 amide bonds. The lowest BCUT2D eigenvalue weighted by Crippen LogP contribution is -2.29. The molecule has 6 heterocycles. The van der Waals surface area contributed by atoms with Gasteiger partial charge in [-0.05, 0) is 57.1 Å². The Balaban J connectivity index is 1.44. The molecule has 5 aromatic rings. The molecule has 6 rings (SSSR count). The second-order valence-electron chi connectivity index (χ2n) is 8.22. The zero-order chi connectivity index (χ0) is 20.8. The quantitative estimate of drug-likeness (QED) is 0.470. The van der Waals surface area contributed by atoms with Gasteiger partial charge in [0.2, 0.25) is 0 Å². The van der Waals surface area contributed by atoms with Gasteiger partial charge in [-0.3, -0.25) is 20.1 Å². The SMILES string of the molecule is CN1CCC(c2cncc3[nH]c(-c4n[nH]c5cnc(-c6cccnc6)cc45)nc23)CC1. The van der Waals surface area contributed by atoms with E-state index in [1.165, 1.54) is 5.56 Å². The van der Waals surface area contributed by atoms with Crippen LogP contribution in [0, 0.1) is 0 Å². The number of aromatic amines is 2. The number of rotatable bonds is 3. The molecule has 0 spiro atoms. The number of hydrogen-bond donors (Lipinski definition) is 2. The molecule has 0 unspecified atom stereocenters. The van der Waals surface area contributed by atoms with Crippen molar-refractivity contribution in [1.82, 2.24) is 40.0 Å². The molecule has 8 heteroatoms. The molecule has 0 bridgehead atoms. The number of H-pyrrole nitrogens is 2. The van der Waals surface area contributed by atoms with E-state index >= 15 is 0 Å². The molecule has 1 aliphatic heterocycles. The number of piperidine rings is 1. The van der Waals surface area contributed by atoms with Crippen molar-refractivity contribution in [1.29, 1.82) is 0 Å². The normalized spacial score (nSPS) is 15.8. The Morgan fingerprint density at radius 2 is 1.94 bits per heavy atom. The highest BCUT2D eigenvalue weighted by molar-refractivity contribution is 5.94. The Bertz CT molecular complexity index is 1360. The Kier molecular flexibility index (Phi) is 4.24. The van der Waals surface area contributed by atoms with E-state index in [0.29, 0.717) is 5.92 Å². The van der Waals surface area contributed by atoms with E-state index in [4.69, 9.17) is 4.98 Å². The highest BCUT2D eigenvalue weighted by atomic mass is 15.1. The van der Waals surface area contributed by atoms with Crippen molar-refractivity contribution in [3.63, 3.8) is 0 Å². The molecule has 2 N–H and O–H groups in total. The number of aromatic nitrogens is 7. The van der Waals surface area contributed by atoms with Crippen LogP contribution in [0.25, 0.3) is 44.7 Å². The Morgan fingerprint density at radius 1 is 1.03 bits per heavy atom. The van der Waals surface area contributed by atoms with Gasteiger partial charge in [0.25, 0.3) is 0 Å². The predicted octanol–water partition coefficient (Wildman–Crippen LogP) is 3.77. The summed E-state index contributed by atoms with van der Waals surface area (Å²) in [5.74, 6) is 1.23. The summed E-state index contributed by atoms with van der Waals surface area (Å²) >= 11 is 0. The molecule has 31 heavy (non-hydrogen) atoms. The van der Waals surface area contributed by atoms with Crippen molar-refractivity contribution in [3.05, 3.63) is 54.7 Å². The van der Waals surface area contributed by atoms with Crippen LogP contribution in [0.5, 0.6) is 0 Å². The van der Waals surface area contributed by atoms with Gasteiger partial charge in [-0.1, -0.05) is 0 Å². The van der Waals surface area contributed by atoms with Gasteiger partial charge >= 0.3 is 0 Å². The average Bonchev–Trinajstić information content (AvgIpc) is 3.43. The smallest absolute Gasteiger partial charge is 0.159 e. The third-order valence-electron chi connectivity index (χ3n) is 6.21. The van der Waals surface area contributed by atoms with Gasteiger partial charge in [0.05, 0.1) is 34.6 Å². The monoisotopic (exact) mass is 410 g/mol. The van der Waals surface area contributed by atoms with Gasteiger partial charge in [0.1, 0.15) is 5.69 Å². The second-order valence-corrected chi connectivity index (χ2v) is 8.22. The first-order valence-electron chi connectivity index (χ1n) is 10.5. The minimum atomic E-state index is 0.487. The van der Waals surface area contributed by atoms with Crippen molar-refractivity contribution in [2.75, 3.05) is 20.1 Å². The van der Waals surface area contributed by atoms with Crippen LogP contribution in [-0.2, 0) is 0 Å². The fraction of sp³-hybridized carbons (Fsp3) is 0.261. The molecular weight excluding hydrogens is 388 g/mol. The second kappa shape index (κ2) is 7.24. The summed E-state index contributed by atoms with van der Waals surface area (Å²) in [5.41, 5.74) is 6.65. The minimum Gasteiger partial charge on any atom is -0.335 e. The van der Waals surface area contributed by atoms with Gasteiger partial charge in [-0.15, -0.1) is 0 Å². The largest absolute Gasteiger partial charge is 0.335 e. The summed E-state index contributed by atoms with van der Waals surface area (Å²) in [6.45, 7) is 2.21. The molecule has 0 radical (unpaired) electrons. The Morgan fingerprint density at radius 3 is 2.77 bits per heavy atom. The molecule has 154 valence electrons. The summed E-state index contributed by atoms with van der Waals surface area (Å²) in [7, 11) is 2.18. The van der Waals surface area contributed by atoms with E-state index in [2.05, 4.69) is 42.1 Å². The van der Waals surface area contributed by atoms with E-state index in [9.17, 15) is 0 Å². The van der Waals surface area contributed by atoms with Gasteiger partial charge < -0.3 is 9.88 Å². The van der Waals surface area contributed by atoms with Crippen LogP contribution in [0.3, 0.4) is 0 Å². The zero-order valence-corrected chi connectivity index (χ0v) is 17.2. The molecule has 1 saturated heterocycles. The van der Waals surface area contributed by atoms with Crippen molar-refractivity contribution >= 4 is 21.9 Å². The summed E-state index contributed by atoms with van der Waals surface area (Å²) in [4.78, 5) is 24.0. The van der Waals surface area contributed by atoms with Gasteiger partial charge in [0.15, 0.2) is 5.82 Å². The van der Waals surface area contributed by atoms with Crippen molar-refractivity contribution in [3.8, 4) is 22.8 Å². The maximum absolute atomic E-state index is 4.98. The average molecular weight is 410 g/mol. The lowest BCUT2D eigenvalue weighted by atomic mass is 9.90. The van der Waals surface area contributed by atoms with Crippen LogP contribution in [0.15, 0.2) is 49.2 Å². The fourth-order valence-electron chi connectivity index (χ4n) is 4.45. The van der Waals surface area contributed by atoms with Crippen LogP contribution in [0.2, 0.25) is 0 Å². The predicted molar refractivity (Wildman–Crippen MR) is 119 cm³/mol. The van der Waals surface area contributed by atoms with Gasteiger partial charge in [0, 0.05) is 35.1 Å². The first-order chi connectivity index (χ1) is 15.3. The number of nitrogens with one attached hydrogen (secondary N) is 2. The third kappa shape index (κ3) is 3.16. The highest BCUT2D eigenvalue weighted by Gasteiger charge is 2.23. The molecule has 5 aromatic heterocycles. The summed E-state index contributed by atoms with van der Waals surface area (Å²) < 4.78 is 0. The van der Waals surface area contributed by atoms with Crippen LogP contribution < -0.4 is 0 Å². The maximum Gasteiger partial charge on any atom is 0.159 e. The lowest BCUT2D eigenvalue weighted by molar-refractivity contribution is 0.256. The summed E-state index contributed by atoms with van der Waals surface area (Å²) in [5, 5.41) is 8.60. The fourth-order valence-corrected chi connectivity index (χ4v) is 4.45. The summed E-state index contributed by atoms with van der Waals surface area (Å²) in [6, 6.07) is 5.95. The number of fused-ring (bicyclic) bond motifs is 2. The Labute approximate surface area is 178 Å². The number of likely N-dealkylation sites (tertiary alicyclic amines) is 1. The number of pyridine rings is 3. The Hall–Kier alpha value is -3.65. The molecule has 0 aliphatic carbocycles. The molecule has 1 aliphatic rings. The van der Waals surface area contributed by atoms with Gasteiger partial charge in [-0.25, -0.2) is 4.98 Å². The number of nitrogens with zero attached hydrogens (tertiary/aromatic N) is 6. The van der Waals surface area contributed by atoms with E-state index in [1.54, 1.807) is 6.20 Å². The molecule has 0 aromatic carbocycles. The molecular formula is C23H22N8. The molecule has 0 saturated carbocycles. The van der Waals surface area contributed by atoms with Crippen LogP contribution >= 0.6 is 0 Å². The van der Waals surface area contributed by atoms with Crippen molar-refractivity contribution in [2.24, 2.45) is 0 Å². The zero-order valence-electron chi connectivity index (χ0n) is 17.2. The number of hydrogen-bond acceptors (Lipinski definition) is 6. The van der Waals surface area contributed by atoms with Crippen molar-refractivity contribution in [2.45, 2.75) is 18.8 Å². The molecule has 0 atom stereocenters. The first-order valence-corrected chi connectivity index (χ1v) is 10.5. The lowest BCUT2D eigenvalue weighted by Gasteiger charge is -2.29. The van der Waals surface area contributed by atoms with Gasteiger partial charge in [-0.2, -0.15) is 5.10 Å². The maximum atomic E-state index is 4.98.